The highest BCUT2D eigenvalue weighted by Gasteiger charge is 2.45. The average molecular weight is 262 g/mol. The minimum Gasteiger partial charge on any atom is -0.329 e. The van der Waals surface area contributed by atoms with Crippen molar-refractivity contribution in [2.75, 3.05) is 13.1 Å². The van der Waals surface area contributed by atoms with Crippen LogP contribution in [0.1, 0.15) is 57.8 Å². The van der Waals surface area contributed by atoms with Crippen LogP contribution in [0.5, 0.6) is 0 Å². The van der Waals surface area contributed by atoms with Crippen molar-refractivity contribution < 1.29 is 0 Å². The van der Waals surface area contributed by atoms with E-state index in [9.17, 15) is 0 Å². The third-order valence-corrected chi connectivity index (χ3v) is 6.76. The van der Waals surface area contributed by atoms with Crippen molar-refractivity contribution in [3.63, 3.8) is 0 Å². The zero-order valence-electron chi connectivity index (χ0n) is 12.3. The molecule has 5 fully saturated rings. The van der Waals surface area contributed by atoms with E-state index in [1.807, 2.05) is 0 Å². The van der Waals surface area contributed by atoms with Crippen LogP contribution in [0, 0.1) is 23.7 Å². The first-order valence-electron chi connectivity index (χ1n) is 8.79. The number of fused-ring (bicyclic) bond motifs is 1. The van der Waals surface area contributed by atoms with E-state index in [1.165, 1.54) is 57.9 Å². The SMILES string of the molecule is NCC(C1CCCC1)N1CC2CC3CC(C2)CC1C3. The van der Waals surface area contributed by atoms with E-state index in [2.05, 4.69) is 4.90 Å². The molecule has 2 heteroatoms. The zero-order valence-corrected chi connectivity index (χ0v) is 12.3. The summed E-state index contributed by atoms with van der Waals surface area (Å²) < 4.78 is 0. The molecule has 2 nitrogen and oxygen atoms in total. The summed E-state index contributed by atoms with van der Waals surface area (Å²) in [7, 11) is 0. The molecule has 0 aromatic carbocycles. The van der Waals surface area contributed by atoms with Gasteiger partial charge >= 0.3 is 0 Å². The quantitative estimate of drug-likeness (QED) is 0.847. The number of nitrogens with two attached hydrogens (primary N) is 1. The molecule has 2 aliphatic heterocycles. The summed E-state index contributed by atoms with van der Waals surface area (Å²) in [6.45, 7) is 2.29. The molecule has 3 aliphatic carbocycles. The molecule has 3 unspecified atom stereocenters. The Bertz CT molecular complexity index is 309. The molecule has 108 valence electrons. The summed E-state index contributed by atoms with van der Waals surface area (Å²) in [5.41, 5.74) is 6.22. The Kier molecular flexibility index (Phi) is 3.35. The fourth-order valence-corrected chi connectivity index (χ4v) is 6.17. The van der Waals surface area contributed by atoms with Crippen molar-refractivity contribution >= 4 is 0 Å². The Balaban J connectivity index is 1.56. The predicted molar refractivity (Wildman–Crippen MR) is 78.8 cm³/mol. The predicted octanol–water partition coefficient (Wildman–Crippen LogP) is 3.01. The monoisotopic (exact) mass is 262 g/mol. The maximum atomic E-state index is 6.22. The normalized spacial score (nSPS) is 44.7. The lowest BCUT2D eigenvalue weighted by Crippen LogP contribution is -2.51. The fourth-order valence-electron chi connectivity index (χ4n) is 6.17. The molecule has 0 spiro atoms. The molecule has 3 atom stereocenters. The largest absolute Gasteiger partial charge is 0.329 e. The Morgan fingerprint density at radius 3 is 2.16 bits per heavy atom. The van der Waals surface area contributed by atoms with E-state index < -0.39 is 0 Å². The van der Waals surface area contributed by atoms with Crippen molar-refractivity contribution in [3.8, 4) is 0 Å². The van der Waals surface area contributed by atoms with Crippen LogP contribution in [0.25, 0.3) is 0 Å². The van der Waals surface area contributed by atoms with E-state index >= 15 is 0 Å². The fraction of sp³-hybridized carbons (Fsp3) is 1.00. The topological polar surface area (TPSA) is 29.3 Å². The molecule has 5 rings (SSSR count). The molecule has 2 N–H and O–H groups in total. The van der Waals surface area contributed by atoms with Gasteiger partial charge < -0.3 is 5.73 Å². The zero-order chi connectivity index (χ0) is 12.8. The van der Waals surface area contributed by atoms with Crippen molar-refractivity contribution in [3.05, 3.63) is 0 Å². The van der Waals surface area contributed by atoms with Crippen molar-refractivity contribution in [2.24, 2.45) is 29.4 Å². The molecule has 3 saturated carbocycles. The second-order valence-electron chi connectivity index (χ2n) is 7.97. The molecule has 2 heterocycles. The van der Waals surface area contributed by atoms with Gasteiger partial charge in [0.2, 0.25) is 0 Å². The van der Waals surface area contributed by atoms with Gasteiger partial charge in [-0.15, -0.1) is 0 Å². The number of rotatable bonds is 3. The first kappa shape index (κ1) is 12.6. The highest BCUT2D eigenvalue weighted by atomic mass is 15.2. The third-order valence-electron chi connectivity index (χ3n) is 6.76. The summed E-state index contributed by atoms with van der Waals surface area (Å²) in [4.78, 5) is 2.92. The van der Waals surface area contributed by atoms with E-state index in [0.29, 0.717) is 6.04 Å². The first-order chi connectivity index (χ1) is 9.33. The molecule has 19 heavy (non-hydrogen) atoms. The minimum atomic E-state index is 0.714. The molecule has 2 saturated heterocycles. The van der Waals surface area contributed by atoms with E-state index in [0.717, 1.165) is 36.3 Å². The first-order valence-corrected chi connectivity index (χ1v) is 8.79. The van der Waals surface area contributed by atoms with Crippen LogP contribution in [-0.4, -0.2) is 30.1 Å². The van der Waals surface area contributed by atoms with Crippen LogP contribution in [0.3, 0.4) is 0 Å². The lowest BCUT2D eigenvalue weighted by molar-refractivity contribution is 0.0722. The summed E-state index contributed by atoms with van der Waals surface area (Å²) in [5, 5.41) is 0. The molecule has 0 aromatic heterocycles. The van der Waals surface area contributed by atoms with Gasteiger partial charge in [0, 0.05) is 25.2 Å². The van der Waals surface area contributed by atoms with E-state index in [1.54, 1.807) is 6.42 Å². The van der Waals surface area contributed by atoms with Gasteiger partial charge in [-0.3, -0.25) is 4.90 Å². The summed E-state index contributed by atoms with van der Waals surface area (Å²) in [6.07, 6.45) is 13.4. The Hall–Kier alpha value is -0.0800. The van der Waals surface area contributed by atoms with E-state index in [4.69, 9.17) is 5.73 Å². The minimum absolute atomic E-state index is 0.714. The summed E-state index contributed by atoms with van der Waals surface area (Å²) >= 11 is 0. The van der Waals surface area contributed by atoms with Crippen LogP contribution in [0.4, 0.5) is 0 Å². The van der Waals surface area contributed by atoms with Crippen molar-refractivity contribution in [2.45, 2.75) is 69.9 Å². The van der Waals surface area contributed by atoms with Crippen molar-refractivity contribution in [1.29, 1.82) is 0 Å². The van der Waals surface area contributed by atoms with E-state index in [-0.39, 0.29) is 0 Å². The molecular formula is C17H30N2. The average Bonchev–Trinajstić information content (AvgIpc) is 2.84. The van der Waals surface area contributed by atoms with Gasteiger partial charge in [0.15, 0.2) is 0 Å². The Morgan fingerprint density at radius 2 is 1.53 bits per heavy atom. The molecule has 0 radical (unpaired) electrons. The Labute approximate surface area is 118 Å². The maximum Gasteiger partial charge on any atom is 0.0249 e. The second kappa shape index (κ2) is 5.04. The van der Waals surface area contributed by atoms with Crippen LogP contribution >= 0.6 is 0 Å². The molecular weight excluding hydrogens is 232 g/mol. The van der Waals surface area contributed by atoms with Crippen LogP contribution in [0.15, 0.2) is 0 Å². The standard InChI is InChI=1S/C17H30N2/c18-10-17(15-3-1-2-4-15)19-11-14-6-12-5-13(7-14)9-16(19)8-12/h12-17H,1-11,18H2. The molecule has 0 aromatic rings. The number of hydrogen-bond donors (Lipinski definition) is 1. The van der Waals surface area contributed by atoms with Gasteiger partial charge in [0.25, 0.3) is 0 Å². The molecule has 4 bridgehead atoms. The summed E-state index contributed by atoms with van der Waals surface area (Å²) in [6, 6.07) is 1.61. The molecule has 0 amide bonds. The third kappa shape index (κ3) is 2.25. The van der Waals surface area contributed by atoms with Gasteiger partial charge in [-0.1, -0.05) is 12.8 Å². The van der Waals surface area contributed by atoms with Gasteiger partial charge in [-0.2, -0.15) is 0 Å². The number of hydrogen-bond acceptors (Lipinski definition) is 2. The van der Waals surface area contributed by atoms with Gasteiger partial charge in [-0.05, 0) is 68.6 Å². The van der Waals surface area contributed by atoms with Gasteiger partial charge in [0.05, 0.1) is 0 Å². The number of nitrogens with zero attached hydrogens (tertiary/aromatic N) is 1. The highest BCUT2D eigenvalue weighted by molar-refractivity contribution is 4.99. The van der Waals surface area contributed by atoms with Gasteiger partial charge in [-0.25, -0.2) is 0 Å². The second-order valence-corrected chi connectivity index (χ2v) is 7.97. The van der Waals surface area contributed by atoms with Crippen LogP contribution in [-0.2, 0) is 0 Å². The van der Waals surface area contributed by atoms with Gasteiger partial charge in [0.1, 0.15) is 0 Å². The molecule has 5 aliphatic rings. The lowest BCUT2D eigenvalue weighted by atomic mass is 9.68. The summed E-state index contributed by atoms with van der Waals surface area (Å²) in [5.74, 6) is 4.05. The van der Waals surface area contributed by atoms with Crippen LogP contribution in [0.2, 0.25) is 0 Å². The lowest BCUT2D eigenvalue weighted by Gasteiger charge is -2.42. The van der Waals surface area contributed by atoms with Crippen LogP contribution < -0.4 is 5.73 Å². The van der Waals surface area contributed by atoms with Crippen molar-refractivity contribution in [1.82, 2.24) is 4.90 Å². The highest BCUT2D eigenvalue weighted by Crippen LogP contribution is 2.48. The maximum absolute atomic E-state index is 6.22. The Morgan fingerprint density at radius 1 is 0.895 bits per heavy atom. The smallest absolute Gasteiger partial charge is 0.0249 e.